The zero-order chi connectivity index (χ0) is 28.6. The molecule has 5 rings (SSSR count). The largest absolute Gasteiger partial charge is 0.422 e. The summed E-state index contributed by atoms with van der Waals surface area (Å²) in [7, 11) is 0. The Bertz CT molecular complexity index is 1340. The lowest BCUT2D eigenvalue weighted by atomic mass is 9.63. The molecular weight excluding hydrogens is 529 g/mol. The van der Waals surface area contributed by atoms with Gasteiger partial charge in [0, 0.05) is 11.1 Å². The molecule has 0 bridgehead atoms. The van der Waals surface area contributed by atoms with Crippen LogP contribution in [0.2, 0.25) is 0 Å². The second-order valence-electron chi connectivity index (χ2n) is 11.6. The number of fused-ring (bicyclic) bond motifs is 1. The summed E-state index contributed by atoms with van der Waals surface area (Å²) in [6, 6.07) is 9.57. The van der Waals surface area contributed by atoms with E-state index >= 15 is 4.39 Å². The maximum Gasteiger partial charge on any atom is 0.422 e. The van der Waals surface area contributed by atoms with Gasteiger partial charge in [-0.15, -0.1) is 0 Å². The molecule has 2 fully saturated rings. The Kier molecular flexibility index (Phi) is 8.30. The van der Waals surface area contributed by atoms with E-state index < -0.39 is 35.0 Å². The minimum atomic E-state index is -5.22. The molecule has 3 aromatic carbocycles. The number of rotatable bonds is 6. The third kappa shape index (κ3) is 5.94. The molecule has 40 heavy (non-hydrogen) atoms. The van der Waals surface area contributed by atoms with Gasteiger partial charge in [0.15, 0.2) is 0 Å². The lowest BCUT2D eigenvalue weighted by molar-refractivity contribution is -0.142. The molecule has 0 heterocycles. The summed E-state index contributed by atoms with van der Waals surface area (Å²) in [6.07, 6.45) is 5.76. The summed E-state index contributed by atoms with van der Waals surface area (Å²) in [5.41, 5.74) is -1.33. The molecule has 0 amide bonds. The van der Waals surface area contributed by atoms with Crippen molar-refractivity contribution in [3.8, 4) is 22.3 Å². The molecule has 214 valence electrons. The van der Waals surface area contributed by atoms with Crippen LogP contribution in [-0.4, -0.2) is 0 Å². The molecule has 0 aromatic heterocycles. The molecule has 0 radical (unpaired) electrons. The maximum absolute atomic E-state index is 15.3. The van der Waals surface area contributed by atoms with Crippen LogP contribution in [0.4, 0.5) is 30.7 Å². The predicted octanol–water partition coefficient (Wildman–Crippen LogP) is 11.1. The quantitative estimate of drug-likeness (QED) is 0.262. The molecule has 2 aliphatic rings. The van der Waals surface area contributed by atoms with E-state index in [1.165, 1.54) is 63.1 Å². The SMILES string of the molecule is CCCCC1CCC2CC(c3ccc(-c4ccc(-c5cc(F)c(C(F)(F)F)c(F)c5)c(F)c4)c(F)c3)CCC2C1. The highest BCUT2D eigenvalue weighted by Crippen LogP contribution is 2.48. The fraction of sp³-hybridized carbons (Fsp3) is 0.455. The van der Waals surface area contributed by atoms with Gasteiger partial charge in [-0.25, -0.2) is 17.6 Å². The monoisotopic (exact) mass is 562 g/mol. The van der Waals surface area contributed by atoms with Crippen molar-refractivity contribution in [2.45, 2.75) is 76.8 Å². The van der Waals surface area contributed by atoms with Gasteiger partial charge in [0.1, 0.15) is 28.8 Å². The zero-order valence-electron chi connectivity index (χ0n) is 22.4. The normalized spacial score (nSPS) is 23.2. The van der Waals surface area contributed by atoms with Gasteiger partial charge in [-0.1, -0.05) is 56.9 Å². The van der Waals surface area contributed by atoms with Crippen LogP contribution < -0.4 is 0 Å². The molecule has 2 aliphatic carbocycles. The van der Waals surface area contributed by atoms with E-state index in [0.717, 1.165) is 36.3 Å². The van der Waals surface area contributed by atoms with Crippen LogP contribution in [0.1, 0.15) is 81.8 Å². The fourth-order valence-electron chi connectivity index (χ4n) is 6.98. The highest BCUT2D eigenvalue weighted by molar-refractivity contribution is 5.72. The first-order valence-electron chi connectivity index (χ1n) is 14.2. The third-order valence-corrected chi connectivity index (χ3v) is 9.07. The summed E-state index contributed by atoms with van der Waals surface area (Å²) >= 11 is 0. The van der Waals surface area contributed by atoms with E-state index in [1.807, 2.05) is 6.07 Å². The van der Waals surface area contributed by atoms with Crippen LogP contribution in [0.3, 0.4) is 0 Å². The van der Waals surface area contributed by atoms with Gasteiger partial charge in [-0.2, -0.15) is 13.2 Å². The van der Waals surface area contributed by atoms with Gasteiger partial charge in [0.2, 0.25) is 0 Å². The minimum Gasteiger partial charge on any atom is -0.206 e. The van der Waals surface area contributed by atoms with Crippen molar-refractivity contribution in [3.05, 3.63) is 82.9 Å². The van der Waals surface area contributed by atoms with E-state index in [-0.39, 0.29) is 22.3 Å². The molecule has 7 heteroatoms. The molecule has 0 nitrogen and oxygen atoms in total. The molecule has 3 aromatic rings. The van der Waals surface area contributed by atoms with Crippen LogP contribution in [-0.2, 0) is 6.18 Å². The smallest absolute Gasteiger partial charge is 0.206 e. The molecule has 2 saturated carbocycles. The van der Waals surface area contributed by atoms with Crippen LogP contribution in [0.5, 0.6) is 0 Å². The van der Waals surface area contributed by atoms with Crippen molar-refractivity contribution < 1.29 is 30.7 Å². The number of unbranched alkanes of at least 4 members (excludes halogenated alkanes) is 1. The van der Waals surface area contributed by atoms with Gasteiger partial charge in [-0.05, 0) is 96.7 Å². The van der Waals surface area contributed by atoms with Crippen molar-refractivity contribution >= 4 is 0 Å². The summed E-state index contributed by atoms with van der Waals surface area (Å²) in [6.45, 7) is 2.24. The van der Waals surface area contributed by atoms with Gasteiger partial charge >= 0.3 is 6.18 Å². The van der Waals surface area contributed by atoms with Gasteiger partial charge in [0.25, 0.3) is 0 Å². The van der Waals surface area contributed by atoms with E-state index in [9.17, 15) is 26.3 Å². The topological polar surface area (TPSA) is 0 Å². The van der Waals surface area contributed by atoms with Crippen LogP contribution >= 0.6 is 0 Å². The standard InChI is InChI=1S/C33H33F7/c1-2-3-4-19-5-6-21-14-22(8-7-20(21)13-19)23-9-11-26(28(34)15-23)24-10-12-27(29(35)16-24)25-17-30(36)32(31(37)18-25)33(38,39)40/h9-12,15-22H,2-8,13-14H2,1H3. The van der Waals surface area contributed by atoms with E-state index in [2.05, 4.69) is 6.92 Å². The van der Waals surface area contributed by atoms with E-state index in [4.69, 9.17) is 0 Å². The Morgan fingerprint density at radius 1 is 0.675 bits per heavy atom. The second kappa shape index (κ2) is 11.6. The predicted molar refractivity (Wildman–Crippen MR) is 143 cm³/mol. The summed E-state index contributed by atoms with van der Waals surface area (Å²) < 4.78 is 97.0. The Hall–Kier alpha value is -2.83. The van der Waals surface area contributed by atoms with Crippen LogP contribution in [0, 0.1) is 41.0 Å². The molecule has 4 unspecified atom stereocenters. The average molecular weight is 563 g/mol. The van der Waals surface area contributed by atoms with Crippen LogP contribution in [0.15, 0.2) is 48.5 Å². The van der Waals surface area contributed by atoms with Crippen molar-refractivity contribution in [3.63, 3.8) is 0 Å². The lowest BCUT2D eigenvalue weighted by Crippen LogP contribution is -2.30. The van der Waals surface area contributed by atoms with E-state index in [0.29, 0.717) is 24.0 Å². The van der Waals surface area contributed by atoms with Gasteiger partial charge in [-0.3, -0.25) is 0 Å². The van der Waals surface area contributed by atoms with E-state index in [1.54, 1.807) is 6.07 Å². The minimum absolute atomic E-state index is 0.184. The second-order valence-corrected chi connectivity index (χ2v) is 11.6. The molecule has 4 atom stereocenters. The third-order valence-electron chi connectivity index (χ3n) is 9.07. The zero-order valence-corrected chi connectivity index (χ0v) is 22.4. The summed E-state index contributed by atoms with van der Waals surface area (Å²) in [5.74, 6) is -2.48. The number of alkyl halides is 3. The van der Waals surface area contributed by atoms with Crippen LogP contribution in [0.25, 0.3) is 22.3 Å². The molecule has 0 aliphatic heterocycles. The first-order valence-corrected chi connectivity index (χ1v) is 14.2. The Balaban J connectivity index is 1.31. The highest BCUT2D eigenvalue weighted by atomic mass is 19.4. The summed E-state index contributed by atoms with van der Waals surface area (Å²) in [4.78, 5) is 0. The Morgan fingerprint density at radius 2 is 1.27 bits per heavy atom. The van der Waals surface area contributed by atoms with Crippen molar-refractivity contribution in [1.29, 1.82) is 0 Å². The van der Waals surface area contributed by atoms with Gasteiger partial charge in [0.05, 0.1) is 0 Å². The first kappa shape index (κ1) is 28.7. The molecule has 0 saturated heterocycles. The fourth-order valence-corrected chi connectivity index (χ4v) is 6.98. The maximum atomic E-state index is 15.3. The van der Waals surface area contributed by atoms with Gasteiger partial charge < -0.3 is 0 Å². The Labute approximate surface area is 230 Å². The highest BCUT2D eigenvalue weighted by Gasteiger charge is 2.38. The van der Waals surface area contributed by atoms with Crippen molar-refractivity contribution in [2.75, 3.05) is 0 Å². The van der Waals surface area contributed by atoms with Crippen molar-refractivity contribution in [2.24, 2.45) is 17.8 Å². The summed E-state index contributed by atoms with van der Waals surface area (Å²) in [5, 5.41) is 0. The Morgan fingerprint density at radius 3 is 1.93 bits per heavy atom. The first-order chi connectivity index (χ1) is 19.0. The lowest BCUT2D eigenvalue weighted by Gasteiger charge is -2.42. The molecule has 0 N–H and O–H groups in total. The molecular formula is C33H33F7. The number of hydrogen-bond acceptors (Lipinski definition) is 0. The number of hydrogen-bond donors (Lipinski definition) is 0. The number of halogens is 7. The van der Waals surface area contributed by atoms with Crippen molar-refractivity contribution in [1.82, 2.24) is 0 Å². The molecule has 0 spiro atoms. The average Bonchev–Trinajstić information content (AvgIpc) is 2.90. The number of benzene rings is 3.